The van der Waals surface area contributed by atoms with E-state index >= 15 is 0 Å². The Morgan fingerprint density at radius 2 is 2.07 bits per heavy atom. The van der Waals surface area contributed by atoms with Crippen LogP contribution in [0.4, 0.5) is 0 Å². The second-order valence-corrected chi connectivity index (χ2v) is 6.80. The fraction of sp³-hybridized carbons (Fsp3) is 0.150. The third-order valence-corrected chi connectivity index (χ3v) is 5.07. The largest absolute Gasteiger partial charge is 0.497 e. The van der Waals surface area contributed by atoms with Crippen molar-refractivity contribution in [3.63, 3.8) is 0 Å². The number of furan rings is 1. The maximum atomic E-state index is 5.54. The van der Waals surface area contributed by atoms with Crippen molar-refractivity contribution in [2.75, 3.05) is 7.11 Å². The average molecular weight is 378 g/mol. The van der Waals surface area contributed by atoms with E-state index in [9.17, 15) is 0 Å². The van der Waals surface area contributed by atoms with E-state index < -0.39 is 0 Å². The summed E-state index contributed by atoms with van der Waals surface area (Å²) in [5.41, 5.74) is 2.08. The Hall–Kier alpha value is -3.06. The van der Waals surface area contributed by atoms with Crippen LogP contribution in [0.2, 0.25) is 0 Å². The lowest BCUT2D eigenvalue weighted by Crippen LogP contribution is -2.03. The van der Waals surface area contributed by atoms with Gasteiger partial charge in [-0.05, 0) is 35.9 Å². The molecule has 4 rings (SSSR count). The number of methoxy groups -OCH3 is 1. The van der Waals surface area contributed by atoms with Gasteiger partial charge in [-0.15, -0.1) is 10.2 Å². The fourth-order valence-corrected chi connectivity index (χ4v) is 3.58. The molecule has 136 valence electrons. The first-order valence-electron chi connectivity index (χ1n) is 8.45. The minimum atomic E-state index is 0.557. The van der Waals surface area contributed by atoms with Crippen LogP contribution in [0, 0.1) is 0 Å². The van der Waals surface area contributed by atoms with Crippen LogP contribution >= 0.6 is 11.8 Å². The van der Waals surface area contributed by atoms with Crippen LogP contribution in [0.1, 0.15) is 11.3 Å². The maximum Gasteiger partial charge on any atom is 0.192 e. The number of benzene rings is 1. The lowest BCUT2D eigenvalue weighted by Gasteiger charge is -2.09. The van der Waals surface area contributed by atoms with Crippen LogP contribution in [0.25, 0.3) is 11.4 Å². The van der Waals surface area contributed by atoms with Crippen molar-refractivity contribution in [2.45, 2.75) is 17.5 Å². The molecule has 4 aromatic rings. The summed E-state index contributed by atoms with van der Waals surface area (Å²) in [5.74, 6) is 3.17. The Labute approximate surface area is 161 Å². The van der Waals surface area contributed by atoms with Crippen LogP contribution in [0.5, 0.6) is 5.75 Å². The molecule has 0 saturated carbocycles. The molecule has 0 radical (unpaired) electrons. The van der Waals surface area contributed by atoms with E-state index in [4.69, 9.17) is 9.15 Å². The summed E-state index contributed by atoms with van der Waals surface area (Å²) >= 11 is 1.62. The highest BCUT2D eigenvalue weighted by Gasteiger charge is 2.16. The lowest BCUT2D eigenvalue weighted by atomic mass is 10.2. The highest BCUT2D eigenvalue weighted by atomic mass is 32.2. The third kappa shape index (κ3) is 4.03. The molecule has 0 amide bonds. The molecule has 27 heavy (non-hydrogen) atoms. The number of rotatable bonds is 7. The smallest absolute Gasteiger partial charge is 0.192 e. The van der Waals surface area contributed by atoms with Gasteiger partial charge in [-0.1, -0.05) is 30.0 Å². The molecule has 3 heterocycles. The number of nitrogens with zero attached hydrogens (tertiary/aromatic N) is 4. The quantitative estimate of drug-likeness (QED) is 0.447. The molecule has 0 N–H and O–H groups in total. The van der Waals surface area contributed by atoms with Gasteiger partial charge in [0.1, 0.15) is 11.5 Å². The van der Waals surface area contributed by atoms with Crippen molar-refractivity contribution in [2.24, 2.45) is 0 Å². The Morgan fingerprint density at radius 1 is 1.11 bits per heavy atom. The highest BCUT2D eigenvalue weighted by Crippen LogP contribution is 2.29. The number of hydrogen-bond donors (Lipinski definition) is 0. The number of hydrogen-bond acceptors (Lipinski definition) is 6. The van der Waals surface area contributed by atoms with Crippen LogP contribution in [-0.4, -0.2) is 26.9 Å². The van der Waals surface area contributed by atoms with Crippen LogP contribution in [0.15, 0.2) is 76.8 Å². The van der Waals surface area contributed by atoms with Crippen LogP contribution in [0.3, 0.4) is 0 Å². The van der Waals surface area contributed by atoms with Gasteiger partial charge in [0.05, 0.1) is 19.9 Å². The van der Waals surface area contributed by atoms with Crippen molar-refractivity contribution in [1.29, 1.82) is 0 Å². The molecule has 0 fully saturated rings. The predicted molar refractivity (Wildman–Crippen MR) is 104 cm³/mol. The summed E-state index contributed by atoms with van der Waals surface area (Å²) in [4.78, 5) is 4.17. The van der Waals surface area contributed by atoms with Gasteiger partial charge in [0.2, 0.25) is 0 Å². The molecule has 0 aliphatic heterocycles. The molecule has 6 nitrogen and oxygen atoms in total. The Kier molecular flexibility index (Phi) is 5.20. The normalized spacial score (nSPS) is 10.9. The summed E-state index contributed by atoms with van der Waals surface area (Å²) in [7, 11) is 1.65. The van der Waals surface area contributed by atoms with Crippen LogP contribution in [-0.2, 0) is 12.3 Å². The van der Waals surface area contributed by atoms with Crippen molar-refractivity contribution in [3.8, 4) is 17.1 Å². The summed E-state index contributed by atoms with van der Waals surface area (Å²) in [5, 5.41) is 9.68. The number of thioether (sulfide) groups is 1. The van der Waals surface area contributed by atoms with Gasteiger partial charge in [0.25, 0.3) is 0 Å². The molecule has 7 heteroatoms. The van der Waals surface area contributed by atoms with E-state index in [1.54, 1.807) is 31.3 Å². The molecule has 0 bridgehead atoms. The molecule has 3 aromatic heterocycles. The van der Waals surface area contributed by atoms with Gasteiger partial charge < -0.3 is 9.15 Å². The molecule has 0 aliphatic rings. The molecular formula is C20H18N4O2S. The minimum absolute atomic E-state index is 0.557. The van der Waals surface area contributed by atoms with E-state index in [0.717, 1.165) is 39.4 Å². The molecule has 0 saturated heterocycles. The lowest BCUT2D eigenvalue weighted by molar-refractivity contribution is 0.415. The topological polar surface area (TPSA) is 66.0 Å². The zero-order valence-electron chi connectivity index (χ0n) is 14.8. The van der Waals surface area contributed by atoms with Crippen molar-refractivity contribution >= 4 is 11.8 Å². The first-order chi connectivity index (χ1) is 13.3. The summed E-state index contributed by atoms with van der Waals surface area (Å²) in [6, 6.07) is 15.6. The Balaban J connectivity index is 1.67. The van der Waals surface area contributed by atoms with Gasteiger partial charge in [-0.3, -0.25) is 9.55 Å². The van der Waals surface area contributed by atoms with Crippen LogP contribution < -0.4 is 4.74 Å². The summed E-state index contributed by atoms with van der Waals surface area (Å²) in [6.07, 6.45) is 5.31. The van der Waals surface area contributed by atoms with Gasteiger partial charge in [-0.25, -0.2) is 0 Å². The van der Waals surface area contributed by atoms with Crippen molar-refractivity contribution in [3.05, 3.63) is 78.5 Å². The maximum absolute atomic E-state index is 5.54. The number of ether oxygens (including phenoxy) is 1. The molecule has 0 atom stereocenters. The average Bonchev–Trinajstić information content (AvgIpc) is 3.38. The standard InChI is InChI=1S/C20H18N4O2S/c1-25-17-7-2-6-16(11-17)19-22-23-20(24(19)13-18-8-4-10-26-18)27-14-15-5-3-9-21-12-15/h2-12H,13-14H2,1H3. The van der Waals surface area contributed by atoms with Gasteiger partial charge in [-0.2, -0.15) is 0 Å². The van der Waals surface area contributed by atoms with Crippen molar-refractivity contribution in [1.82, 2.24) is 19.7 Å². The Bertz CT molecular complexity index is 1000. The Morgan fingerprint density at radius 3 is 2.85 bits per heavy atom. The first kappa shape index (κ1) is 17.4. The molecule has 0 unspecified atom stereocenters. The minimum Gasteiger partial charge on any atom is -0.497 e. The van der Waals surface area contributed by atoms with E-state index in [1.165, 1.54) is 0 Å². The van der Waals surface area contributed by atoms with Gasteiger partial charge >= 0.3 is 0 Å². The van der Waals surface area contributed by atoms with Crippen molar-refractivity contribution < 1.29 is 9.15 Å². The van der Waals surface area contributed by atoms with E-state index in [2.05, 4.69) is 25.8 Å². The van der Waals surface area contributed by atoms with Gasteiger partial charge in [0, 0.05) is 23.7 Å². The van der Waals surface area contributed by atoms with Gasteiger partial charge in [0.15, 0.2) is 11.0 Å². The fourth-order valence-electron chi connectivity index (χ4n) is 2.70. The highest BCUT2D eigenvalue weighted by molar-refractivity contribution is 7.98. The number of pyridine rings is 1. The number of aromatic nitrogens is 4. The zero-order valence-corrected chi connectivity index (χ0v) is 15.6. The summed E-state index contributed by atoms with van der Waals surface area (Å²) < 4.78 is 13.0. The zero-order chi connectivity index (χ0) is 18.5. The SMILES string of the molecule is COc1cccc(-c2nnc(SCc3cccnc3)n2Cc2ccco2)c1. The second kappa shape index (κ2) is 8.09. The predicted octanol–water partition coefficient (Wildman–Crippen LogP) is 4.28. The summed E-state index contributed by atoms with van der Waals surface area (Å²) in [6.45, 7) is 0.557. The molecule has 1 aromatic carbocycles. The second-order valence-electron chi connectivity index (χ2n) is 5.85. The molecular weight excluding hydrogens is 360 g/mol. The first-order valence-corrected chi connectivity index (χ1v) is 9.44. The van der Waals surface area contributed by atoms with E-state index in [-0.39, 0.29) is 0 Å². The monoisotopic (exact) mass is 378 g/mol. The van der Waals surface area contributed by atoms with E-state index in [0.29, 0.717) is 6.54 Å². The third-order valence-electron chi connectivity index (χ3n) is 4.03. The molecule has 0 aliphatic carbocycles. The van der Waals surface area contributed by atoms with E-state index in [1.807, 2.05) is 48.7 Å². The molecule has 0 spiro atoms.